The van der Waals surface area contributed by atoms with Crippen LogP contribution < -0.4 is 4.72 Å². The summed E-state index contributed by atoms with van der Waals surface area (Å²) in [5.41, 5.74) is 0.477. The van der Waals surface area contributed by atoms with E-state index in [1.54, 1.807) is 6.92 Å². The van der Waals surface area contributed by atoms with E-state index in [2.05, 4.69) is 9.71 Å². The van der Waals surface area contributed by atoms with E-state index >= 15 is 0 Å². The molecule has 0 saturated carbocycles. The number of aromatic nitrogens is 1. The van der Waals surface area contributed by atoms with E-state index in [4.69, 9.17) is 10.00 Å². The third kappa shape index (κ3) is 4.38. The molecule has 0 amide bonds. The molecule has 1 atom stereocenters. The molecule has 0 aliphatic heterocycles. The Morgan fingerprint density at radius 2 is 2.35 bits per heavy atom. The molecule has 0 radical (unpaired) electrons. The van der Waals surface area contributed by atoms with E-state index in [1.807, 2.05) is 6.07 Å². The second kappa shape index (κ2) is 5.61. The number of rotatable bonds is 5. The van der Waals surface area contributed by atoms with Crippen LogP contribution in [0.25, 0.3) is 0 Å². The zero-order valence-electron chi connectivity index (χ0n) is 9.54. The maximum absolute atomic E-state index is 11.7. The number of sulfonamides is 1. The van der Waals surface area contributed by atoms with Crippen molar-refractivity contribution in [3.05, 3.63) is 24.0 Å². The van der Waals surface area contributed by atoms with Crippen molar-refractivity contribution in [3.8, 4) is 6.07 Å². The zero-order chi connectivity index (χ0) is 12.9. The van der Waals surface area contributed by atoms with Gasteiger partial charge in [0.25, 0.3) is 0 Å². The third-order valence-corrected chi connectivity index (χ3v) is 3.46. The van der Waals surface area contributed by atoms with Crippen molar-refractivity contribution in [2.75, 3.05) is 17.6 Å². The van der Waals surface area contributed by atoms with E-state index in [0.717, 1.165) is 0 Å². The van der Waals surface area contributed by atoms with Crippen molar-refractivity contribution in [1.29, 1.82) is 5.26 Å². The summed E-state index contributed by atoms with van der Waals surface area (Å²) in [5.74, 6) is -0.145. The SMILES string of the molecule is COC(C)CS(=O)(=O)Nc1ccnc(C#N)c1. The van der Waals surface area contributed by atoms with Crippen LogP contribution in [0.15, 0.2) is 18.3 Å². The Kier molecular flexibility index (Phi) is 4.43. The molecular weight excluding hydrogens is 242 g/mol. The van der Waals surface area contributed by atoms with Gasteiger partial charge in [-0.1, -0.05) is 0 Å². The first-order valence-electron chi connectivity index (χ1n) is 4.86. The van der Waals surface area contributed by atoms with Gasteiger partial charge in [-0.3, -0.25) is 4.72 Å². The molecule has 17 heavy (non-hydrogen) atoms. The number of nitriles is 1. The zero-order valence-corrected chi connectivity index (χ0v) is 10.4. The van der Waals surface area contributed by atoms with Gasteiger partial charge in [0.1, 0.15) is 11.8 Å². The Bertz CT molecular complexity index is 522. The molecule has 1 heterocycles. The molecule has 0 fully saturated rings. The smallest absolute Gasteiger partial charge is 0.235 e. The van der Waals surface area contributed by atoms with Gasteiger partial charge < -0.3 is 4.74 Å². The van der Waals surface area contributed by atoms with Gasteiger partial charge in [0.2, 0.25) is 10.0 Å². The Morgan fingerprint density at radius 1 is 1.65 bits per heavy atom. The predicted molar refractivity (Wildman–Crippen MR) is 62.8 cm³/mol. The number of methoxy groups -OCH3 is 1. The second-order valence-electron chi connectivity index (χ2n) is 3.47. The van der Waals surface area contributed by atoms with Gasteiger partial charge in [-0.05, 0) is 19.1 Å². The molecule has 1 aromatic rings. The average molecular weight is 255 g/mol. The van der Waals surface area contributed by atoms with Gasteiger partial charge >= 0.3 is 0 Å². The summed E-state index contributed by atoms with van der Waals surface area (Å²) < 4.78 is 30.6. The molecular formula is C10H13N3O3S. The molecule has 1 aromatic heterocycles. The van der Waals surface area contributed by atoms with Gasteiger partial charge in [0, 0.05) is 13.3 Å². The predicted octanol–water partition coefficient (Wildman–Crippen LogP) is 0.730. The second-order valence-corrected chi connectivity index (χ2v) is 5.24. The van der Waals surface area contributed by atoms with E-state index in [1.165, 1.54) is 25.4 Å². The minimum Gasteiger partial charge on any atom is -0.381 e. The maximum atomic E-state index is 11.7. The molecule has 7 heteroatoms. The molecule has 6 nitrogen and oxygen atoms in total. The number of nitrogens with zero attached hydrogens (tertiary/aromatic N) is 2. The first-order valence-corrected chi connectivity index (χ1v) is 6.51. The molecule has 0 spiro atoms. The van der Waals surface area contributed by atoms with Crippen LogP contribution in [0.3, 0.4) is 0 Å². The lowest BCUT2D eigenvalue weighted by Gasteiger charge is -2.11. The van der Waals surface area contributed by atoms with E-state index in [0.29, 0.717) is 5.69 Å². The molecule has 1 unspecified atom stereocenters. The lowest BCUT2D eigenvalue weighted by Crippen LogP contribution is -2.25. The van der Waals surface area contributed by atoms with Crippen LogP contribution in [0.4, 0.5) is 5.69 Å². The number of pyridine rings is 1. The first-order chi connectivity index (χ1) is 7.96. The number of anilines is 1. The van der Waals surface area contributed by atoms with E-state index < -0.39 is 16.1 Å². The molecule has 0 aliphatic rings. The van der Waals surface area contributed by atoms with Gasteiger partial charge in [-0.15, -0.1) is 0 Å². The lowest BCUT2D eigenvalue weighted by molar-refractivity contribution is 0.136. The number of ether oxygens (including phenoxy) is 1. The summed E-state index contributed by atoms with van der Waals surface area (Å²) in [6.45, 7) is 1.66. The molecule has 92 valence electrons. The molecule has 0 bridgehead atoms. The number of hydrogen-bond donors (Lipinski definition) is 1. The van der Waals surface area contributed by atoms with Crippen LogP contribution in [-0.2, 0) is 14.8 Å². The molecule has 1 rings (SSSR count). The minimum atomic E-state index is -3.48. The normalized spacial score (nSPS) is 12.8. The molecule has 0 aliphatic carbocycles. The fraction of sp³-hybridized carbons (Fsp3) is 0.400. The average Bonchev–Trinajstić information content (AvgIpc) is 2.27. The van der Waals surface area contributed by atoms with Gasteiger partial charge in [0.15, 0.2) is 0 Å². The first kappa shape index (κ1) is 13.4. The fourth-order valence-electron chi connectivity index (χ4n) is 1.15. The third-order valence-electron chi connectivity index (χ3n) is 2.00. The standard InChI is InChI=1S/C10H13N3O3S/c1-8(16-2)7-17(14,15)13-9-3-4-12-10(5-9)6-11/h3-5,8H,7H2,1-2H3,(H,12,13). The van der Waals surface area contributed by atoms with Crippen LogP contribution in [0.5, 0.6) is 0 Å². The Hall–Kier alpha value is -1.65. The van der Waals surface area contributed by atoms with Gasteiger partial charge in [-0.25, -0.2) is 13.4 Å². The van der Waals surface area contributed by atoms with Crippen molar-refractivity contribution < 1.29 is 13.2 Å². The Morgan fingerprint density at radius 3 is 2.94 bits per heavy atom. The van der Waals surface area contributed by atoms with Crippen LogP contribution in [-0.4, -0.2) is 32.4 Å². The largest absolute Gasteiger partial charge is 0.381 e. The van der Waals surface area contributed by atoms with Crippen LogP contribution in [0.1, 0.15) is 12.6 Å². The van der Waals surface area contributed by atoms with Crippen LogP contribution in [0.2, 0.25) is 0 Å². The van der Waals surface area contributed by atoms with Crippen LogP contribution >= 0.6 is 0 Å². The summed E-state index contributed by atoms with van der Waals surface area (Å²) in [5, 5.41) is 8.63. The van der Waals surface area contributed by atoms with Crippen molar-refractivity contribution in [3.63, 3.8) is 0 Å². The van der Waals surface area contributed by atoms with Crippen molar-refractivity contribution in [2.45, 2.75) is 13.0 Å². The summed E-state index contributed by atoms with van der Waals surface area (Å²) in [6.07, 6.45) is 0.973. The summed E-state index contributed by atoms with van der Waals surface area (Å²) in [6, 6.07) is 4.69. The molecule has 1 N–H and O–H groups in total. The van der Waals surface area contributed by atoms with Crippen molar-refractivity contribution in [2.24, 2.45) is 0 Å². The van der Waals surface area contributed by atoms with E-state index in [9.17, 15) is 8.42 Å². The Balaban J connectivity index is 2.80. The Labute approximate surface area is 100 Å². The van der Waals surface area contributed by atoms with Gasteiger partial charge in [-0.2, -0.15) is 5.26 Å². The highest BCUT2D eigenvalue weighted by atomic mass is 32.2. The lowest BCUT2D eigenvalue weighted by atomic mass is 10.3. The minimum absolute atomic E-state index is 0.145. The highest BCUT2D eigenvalue weighted by molar-refractivity contribution is 7.92. The van der Waals surface area contributed by atoms with Crippen molar-refractivity contribution >= 4 is 15.7 Å². The highest BCUT2D eigenvalue weighted by Crippen LogP contribution is 2.10. The van der Waals surface area contributed by atoms with Crippen LogP contribution in [0, 0.1) is 11.3 Å². The number of hydrogen-bond acceptors (Lipinski definition) is 5. The highest BCUT2D eigenvalue weighted by Gasteiger charge is 2.15. The molecule has 0 saturated heterocycles. The molecule has 0 aromatic carbocycles. The summed E-state index contributed by atoms with van der Waals surface area (Å²) >= 11 is 0. The maximum Gasteiger partial charge on any atom is 0.235 e. The topological polar surface area (TPSA) is 92.1 Å². The summed E-state index contributed by atoms with van der Waals surface area (Å²) in [7, 11) is -2.04. The van der Waals surface area contributed by atoms with Crippen molar-refractivity contribution in [1.82, 2.24) is 4.98 Å². The quantitative estimate of drug-likeness (QED) is 0.837. The van der Waals surface area contributed by atoms with Gasteiger partial charge in [0.05, 0.1) is 17.5 Å². The van der Waals surface area contributed by atoms with E-state index in [-0.39, 0.29) is 11.4 Å². The fourth-order valence-corrected chi connectivity index (χ4v) is 2.48. The summed E-state index contributed by atoms with van der Waals surface area (Å²) in [4.78, 5) is 3.74. The number of nitrogens with one attached hydrogen (secondary N) is 1. The monoisotopic (exact) mass is 255 g/mol.